The van der Waals surface area contributed by atoms with Crippen LogP contribution in [0.4, 0.5) is 5.69 Å². The van der Waals surface area contributed by atoms with E-state index in [4.69, 9.17) is 0 Å². The summed E-state index contributed by atoms with van der Waals surface area (Å²) in [6.07, 6.45) is 0.187. The number of carbonyl (C=O) groups excluding carboxylic acids is 1. The SMILES string of the molecule is Cc1ccc2[nH]c(O)c(N=NC(=O)Cc3ccccc3)c2c1. The number of carbonyl (C=O) groups is 1. The van der Waals surface area contributed by atoms with E-state index in [2.05, 4.69) is 15.2 Å². The van der Waals surface area contributed by atoms with Crippen LogP contribution in [-0.2, 0) is 11.2 Å². The molecular weight excluding hydrogens is 278 g/mol. The van der Waals surface area contributed by atoms with E-state index in [-0.39, 0.29) is 18.2 Å². The molecule has 3 rings (SSSR count). The van der Waals surface area contributed by atoms with E-state index in [0.29, 0.717) is 5.69 Å². The number of azo groups is 1. The van der Waals surface area contributed by atoms with Crippen LogP contribution in [0.3, 0.4) is 0 Å². The van der Waals surface area contributed by atoms with Gasteiger partial charge in [0.05, 0.1) is 11.9 Å². The van der Waals surface area contributed by atoms with Crippen LogP contribution in [0.25, 0.3) is 10.9 Å². The molecule has 3 aromatic rings. The maximum atomic E-state index is 11.9. The standard InChI is InChI=1S/C17H15N3O2/c1-11-7-8-14-13(9-11)16(17(22)18-14)20-19-15(21)10-12-5-3-2-4-6-12/h2-9,18,22H,10H2,1H3. The molecule has 0 spiro atoms. The van der Waals surface area contributed by atoms with Gasteiger partial charge in [-0.1, -0.05) is 42.0 Å². The molecule has 1 heterocycles. The zero-order valence-corrected chi connectivity index (χ0v) is 12.1. The van der Waals surface area contributed by atoms with Crippen LogP contribution < -0.4 is 0 Å². The van der Waals surface area contributed by atoms with Crippen molar-refractivity contribution >= 4 is 22.5 Å². The minimum Gasteiger partial charge on any atom is -0.493 e. The minimum atomic E-state index is -0.354. The van der Waals surface area contributed by atoms with Crippen LogP contribution in [0, 0.1) is 6.92 Å². The Balaban J connectivity index is 1.85. The molecule has 0 atom stereocenters. The fourth-order valence-electron chi connectivity index (χ4n) is 2.29. The fourth-order valence-corrected chi connectivity index (χ4v) is 2.29. The van der Waals surface area contributed by atoms with Gasteiger partial charge in [-0.15, -0.1) is 10.2 Å². The largest absolute Gasteiger partial charge is 0.493 e. The first-order chi connectivity index (χ1) is 10.6. The number of H-pyrrole nitrogens is 1. The number of aromatic hydroxyl groups is 1. The Bertz CT molecular complexity index is 851. The summed E-state index contributed by atoms with van der Waals surface area (Å²) >= 11 is 0. The molecule has 0 aliphatic rings. The molecule has 0 fully saturated rings. The minimum absolute atomic E-state index is 0.0862. The first-order valence-corrected chi connectivity index (χ1v) is 6.93. The van der Waals surface area contributed by atoms with Gasteiger partial charge >= 0.3 is 0 Å². The van der Waals surface area contributed by atoms with Crippen molar-refractivity contribution in [3.05, 3.63) is 59.7 Å². The number of amides is 1. The Morgan fingerprint density at radius 2 is 1.95 bits per heavy atom. The molecule has 2 N–H and O–H groups in total. The van der Waals surface area contributed by atoms with Crippen molar-refractivity contribution in [1.82, 2.24) is 4.98 Å². The molecule has 5 nitrogen and oxygen atoms in total. The van der Waals surface area contributed by atoms with Gasteiger partial charge in [0.2, 0.25) is 5.88 Å². The van der Waals surface area contributed by atoms with Gasteiger partial charge in [0.15, 0.2) is 5.69 Å². The maximum Gasteiger partial charge on any atom is 0.269 e. The van der Waals surface area contributed by atoms with Crippen molar-refractivity contribution in [1.29, 1.82) is 0 Å². The molecule has 5 heteroatoms. The number of nitrogens with one attached hydrogen (secondary N) is 1. The number of rotatable bonds is 3. The maximum absolute atomic E-state index is 11.9. The first kappa shape index (κ1) is 14.0. The van der Waals surface area contributed by atoms with E-state index in [1.54, 1.807) is 0 Å². The molecule has 2 aromatic carbocycles. The number of nitrogens with zero attached hydrogens (tertiary/aromatic N) is 2. The molecule has 0 aliphatic carbocycles. The zero-order valence-electron chi connectivity index (χ0n) is 12.1. The highest BCUT2D eigenvalue weighted by atomic mass is 16.3. The van der Waals surface area contributed by atoms with Gasteiger partial charge in [-0.25, -0.2) is 0 Å². The van der Waals surface area contributed by atoms with Crippen molar-refractivity contribution in [3.63, 3.8) is 0 Å². The zero-order chi connectivity index (χ0) is 15.5. The van der Waals surface area contributed by atoms with E-state index >= 15 is 0 Å². The average Bonchev–Trinajstić information content (AvgIpc) is 2.81. The van der Waals surface area contributed by atoms with Gasteiger partial charge in [-0.2, -0.15) is 0 Å². The first-order valence-electron chi connectivity index (χ1n) is 6.93. The predicted octanol–water partition coefficient (Wildman–Crippen LogP) is 4.03. The summed E-state index contributed by atoms with van der Waals surface area (Å²) in [5.74, 6) is -0.440. The molecule has 0 saturated carbocycles. The van der Waals surface area contributed by atoms with Crippen LogP contribution in [0.1, 0.15) is 11.1 Å². The van der Waals surface area contributed by atoms with Gasteiger partial charge in [0, 0.05) is 5.39 Å². The highest BCUT2D eigenvalue weighted by Gasteiger charge is 2.11. The Hall–Kier alpha value is -2.95. The summed E-state index contributed by atoms with van der Waals surface area (Å²) in [4.78, 5) is 14.7. The molecule has 1 aromatic heterocycles. The molecule has 0 aliphatic heterocycles. The second-order valence-corrected chi connectivity index (χ2v) is 5.13. The Morgan fingerprint density at radius 3 is 2.73 bits per heavy atom. The second kappa shape index (κ2) is 5.81. The smallest absolute Gasteiger partial charge is 0.269 e. The lowest BCUT2D eigenvalue weighted by molar-refractivity contribution is -0.117. The summed E-state index contributed by atoms with van der Waals surface area (Å²) in [6, 6.07) is 15.0. The van der Waals surface area contributed by atoms with Crippen LogP contribution in [0.5, 0.6) is 5.88 Å². The topological polar surface area (TPSA) is 77.8 Å². The highest BCUT2D eigenvalue weighted by Crippen LogP contribution is 2.35. The number of aromatic amines is 1. The summed E-state index contributed by atoms with van der Waals surface area (Å²) in [5.41, 5.74) is 2.97. The number of benzene rings is 2. The van der Waals surface area contributed by atoms with E-state index in [9.17, 15) is 9.90 Å². The Labute approximate surface area is 127 Å². The van der Waals surface area contributed by atoms with Gasteiger partial charge in [-0.3, -0.25) is 4.79 Å². The normalized spacial score (nSPS) is 11.3. The van der Waals surface area contributed by atoms with Crippen LogP contribution in [0.15, 0.2) is 58.8 Å². The molecular formula is C17H15N3O2. The highest BCUT2D eigenvalue weighted by molar-refractivity contribution is 5.94. The van der Waals surface area contributed by atoms with Gasteiger partial charge in [-0.05, 0) is 24.6 Å². The lowest BCUT2D eigenvalue weighted by atomic mass is 10.1. The molecule has 1 amide bonds. The molecule has 0 radical (unpaired) electrons. The monoisotopic (exact) mass is 293 g/mol. The molecule has 0 unspecified atom stereocenters. The van der Waals surface area contributed by atoms with Crippen LogP contribution in [0.2, 0.25) is 0 Å². The molecule has 22 heavy (non-hydrogen) atoms. The van der Waals surface area contributed by atoms with E-state index < -0.39 is 0 Å². The van der Waals surface area contributed by atoms with Crippen molar-refractivity contribution in [2.45, 2.75) is 13.3 Å². The fraction of sp³-hybridized carbons (Fsp3) is 0.118. The summed E-state index contributed by atoms with van der Waals surface area (Å²) in [6.45, 7) is 1.95. The summed E-state index contributed by atoms with van der Waals surface area (Å²) < 4.78 is 0. The third-order valence-corrected chi connectivity index (χ3v) is 3.37. The number of aryl methyl sites for hydroxylation is 1. The van der Waals surface area contributed by atoms with Crippen molar-refractivity contribution < 1.29 is 9.90 Å². The summed E-state index contributed by atoms with van der Waals surface area (Å²) in [7, 11) is 0. The van der Waals surface area contributed by atoms with E-state index in [0.717, 1.165) is 22.0 Å². The second-order valence-electron chi connectivity index (χ2n) is 5.13. The quantitative estimate of drug-likeness (QED) is 0.715. The lowest BCUT2D eigenvalue weighted by Crippen LogP contribution is -1.97. The molecule has 0 saturated heterocycles. The Morgan fingerprint density at radius 1 is 1.18 bits per heavy atom. The third-order valence-electron chi connectivity index (χ3n) is 3.37. The predicted molar refractivity (Wildman–Crippen MR) is 84.4 cm³/mol. The van der Waals surface area contributed by atoms with Crippen molar-refractivity contribution in [3.8, 4) is 5.88 Å². The number of hydrogen-bond donors (Lipinski definition) is 2. The lowest BCUT2D eigenvalue weighted by Gasteiger charge is -1.96. The third kappa shape index (κ3) is 2.88. The number of fused-ring (bicyclic) bond motifs is 1. The average molecular weight is 293 g/mol. The number of aromatic nitrogens is 1. The van der Waals surface area contributed by atoms with E-state index in [1.807, 2.05) is 55.5 Å². The van der Waals surface area contributed by atoms with Gasteiger partial charge in [0.25, 0.3) is 5.91 Å². The molecule has 0 bridgehead atoms. The van der Waals surface area contributed by atoms with Crippen LogP contribution in [-0.4, -0.2) is 16.0 Å². The van der Waals surface area contributed by atoms with Crippen LogP contribution >= 0.6 is 0 Å². The van der Waals surface area contributed by atoms with Crippen molar-refractivity contribution in [2.24, 2.45) is 10.2 Å². The number of hydrogen-bond acceptors (Lipinski definition) is 3. The van der Waals surface area contributed by atoms with Gasteiger partial charge < -0.3 is 10.1 Å². The summed E-state index contributed by atoms with van der Waals surface area (Å²) in [5, 5.41) is 18.3. The Kier molecular flexibility index (Phi) is 3.70. The van der Waals surface area contributed by atoms with Crippen molar-refractivity contribution in [2.75, 3.05) is 0 Å². The van der Waals surface area contributed by atoms with Gasteiger partial charge in [0.1, 0.15) is 0 Å². The van der Waals surface area contributed by atoms with E-state index in [1.165, 1.54) is 0 Å². The molecule has 110 valence electrons.